The van der Waals surface area contributed by atoms with Crippen molar-refractivity contribution in [3.63, 3.8) is 0 Å². The molecule has 0 radical (unpaired) electrons. The van der Waals surface area contributed by atoms with Gasteiger partial charge < -0.3 is 0 Å². The molecule has 0 unspecified atom stereocenters. The maximum absolute atomic E-state index is 11.3. The van der Waals surface area contributed by atoms with Crippen molar-refractivity contribution in [1.82, 2.24) is 0 Å². The number of benzene rings is 2. The number of rotatable bonds is 5. The fraction of sp³-hybridized carbons (Fsp3) is 0.125. The molecule has 0 aromatic heterocycles. The number of ether oxygens (including phenoxy) is 1. The SMILES string of the molecule is COC(=O)c1ccc([I-]c2ccc(C(=O)CO)cc2)cc1. The van der Waals surface area contributed by atoms with Crippen LogP contribution in [0.3, 0.4) is 0 Å². The molecule has 2 aromatic carbocycles. The van der Waals surface area contributed by atoms with Gasteiger partial charge in [0.25, 0.3) is 0 Å². The van der Waals surface area contributed by atoms with E-state index in [1.54, 1.807) is 24.3 Å². The van der Waals surface area contributed by atoms with Crippen molar-refractivity contribution >= 4 is 11.8 Å². The minimum absolute atomic E-state index is 0.276. The molecule has 0 spiro atoms. The van der Waals surface area contributed by atoms with Gasteiger partial charge in [-0.05, 0) is 0 Å². The molecular formula is C16H14IO4-. The molecule has 4 nitrogen and oxygen atoms in total. The van der Waals surface area contributed by atoms with Crippen LogP contribution in [0, 0.1) is 7.14 Å². The molecule has 0 bridgehead atoms. The molecule has 1 N–H and O–H groups in total. The van der Waals surface area contributed by atoms with Gasteiger partial charge in [-0.25, -0.2) is 0 Å². The van der Waals surface area contributed by atoms with Gasteiger partial charge >= 0.3 is 133 Å². The predicted molar refractivity (Wildman–Crippen MR) is 73.0 cm³/mol. The summed E-state index contributed by atoms with van der Waals surface area (Å²) in [6, 6.07) is 14.6. The Hall–Kier alpha value is -1.73. The fourth-order valence-electron chi connectivity index (χ4n) is 1.68. The van der Waals surface area contributed by atoms with Crippen LogP contribution in [-0.4, -0.2) is 30.6 Å². The van der Waals surface area contributed by atoms with Gasteiger partial charge in [-0.15, -0.1) is 0 Å². The van der Waals surface area contributed by atoms with E-state index in [4.69, 9.17) is 5.11 Å². The van der Waals surface area contributed by atoms with Crippen molar-refractivity contribution < 1.29 is 40.6 Å². The summed E-state index contributed by atoms with van der Waals surface area (Å²) >= 11 is -0.371. The molecule has 0 saturated carbocycles. The van der Waals surface area contributed by atoms with Crippen LogP contribution >= 0.6 is 0 Å². The number of hydrogen-bond acceptors (Lipinski definition) is 4. The molecule has 5 heteroatoms. The maximum atomic E-state index is 11.3. The average Bonchev–Trinajstić information content (AvgIpc) is 2.55. The van der Waals surface area contributed by atoms with Crippen LogP contribution in [0.4, 0.5) is 0 Å². The summed E-state index contributed by atoms with van der Waals surface area (Å²) in [5.74, 6) is -0.617. The van der Waals surface area contributed by atoms with Crippen LogP contribution in [0.2, 0.25) is 0 Å². The van der Waals surface area contributed by atoms with Crippen molar-refractivity contribution in [1.29, 1.82) is 0 Å². The summed E-state index contributed by atoms with van der Waals surface area (Å²) in [5.41, 5.74) is 1.06. The minimum atomic E-state index is -0.469. The van der Waals surface area contributed by atoms with Gasteiger partial charge in [-0.1, -0.05) is 0 Å². The first-order valence-electron chi connectivity index (χ1n) is 6.21. The van der Waals surface area contributed by atoms with E-state index in [0.717, 1.165) is 3.57 Å². The zero-order chi connectivity index (χ0) is 15.2. The molecule has 0 aliphatic heterocycles. The Morgan fingerprint density at radius 2 is 1.43 bits per heavy atom. The topological polar surface area (TPSA) is 63.6 Å². The monoisotopic (exact) mass is 397 g/mol. The van der Waals surface area contributed by atoms with Crippen LogP contribution in [0.1, 0.15) is 20.7 Å². The van der Waals surface area contributed by atoms with E-state index in [-0.39, 0.29) is 33.0 Å². The van der Waals surface area contributed by atoms with Crippen LogP contribution < -0.4 is 21.2 Å². The van der Waals surface area contributed by atoms with E-state index < -0.39 is 6.61 Å². The van der Waals surface area contributed by atoms with E-state index in [1.165, 1.54) is 10.7 Å². The van der Waals surface area contributed by atoms with Gasteiger partial charge in [0, 0.05) is 0 Å². The summed E-state index contributed by atoms with van der Waals surface area (Å²) in [5, 5.41) is 8.80. The first kappa shape index (κ1) is 15.7. The van der Waals surface area contributed by atoms with Crippen molar-refractivity contribution in [2.75, 3.05) is 13.7 Å². The molecule has 0 amide bonds. The second kappa shape index (κ2) is 7.33. The molecule has 0 atom stereocenters. The predicted octanol–water partition coefficient (Wildman–Crippen LogP) is -1.22. The zero-order valence-electron chi connectivity index (χ0n) is 11.4. The number of aliphatic hydroxyl groups excluding tert-OH is 1. The molecular weight excluding hydrogens is 383 g/mol. The molecule has 110 valence electrons. The fourth-order valence-corrected chi connectivity index (χ4v) is 3.84. The molecule has 0 aliphatic carbocycles. The van der Waals surface area contributed by atoms with Crippen LogP contribution in [-0.2, 0) is 4.74 Å². The number of carbonyl (C=O) groups excluding carboxylic acids is 2. The normalized spacial score (nSPS) is 10.4. The summed E-state index contributed by atoms with van der Waals surface area (Å²) < 4.78 is 6.99. The van der Waals surface area contributed by atoms with Gasteiger partial charge in [-0.3, -0.25) is 0 Å². The first-order chi connectivity index (χ1) is 10.1. The Morgan fingerprint density at radius 3 is 1.86 bits per heavy atom. The second-order valence-electron chi connectivity index (χ2n) is 4.18. The van der Waals surface area contributed by atoms with E-state index >= 15 is 0 Å². The third-order valence-corrected chi connectivity index (χ3v) is 5.48. The van der Waals surface area contributed by atoms with Crippen LogP contribution in [0.25, 0.3) is 0 Å². The summed E-state index contributed by atoms with van der Waals surface area (Å²) in [4.78, 5) is 22.7. The van der Waals surface area contributed by atoms with Crippen molar-refractivity contribution in [2.24, 2.45) is 0 Å². The Kier molecular flexibility index (Phi) is 5.46. The molecule has 0 fully saturated rings. The number of Topliss-reactive ketones (excluding diaryl/α,β-unsaturated/α-hetero) is 1. The first-order valence-corrected chi connectivity index (χ1v) is 8.37. The quantitative estimate of drug-likeness (QED) is 0.390. The van der Waals surface area contributed by atoms with E-state index in [9.17, 15) is 9.59 Å². The number of halogens is 1. The summed E-state index contributed by atoms with van der Waals surface area (Å²) in [6.45, 7) is -0.469. The van der Waals surface area contributed by atoms with E-state index in [1.807, 2.05) is 24.3 Å². The van der Waals surface area contributed by atoms with Crippen molar-refractivity contribution in [2.45, 2.75) is 0 Å². The molecule has 21 heavy (non-hydrogen) atoms. The van der Waals surface area contributed by atoms with Gasteiger partial charge in [0.15, 0.2) is 0 Å². The van der Waals surface area contributed by atoms with E-state index in [0.29, 0.717) is 11.1 Å². The summed E-state index contributed by atoms with van der Waals surface area (Å²) in [6.07, 6.45) is 0. The third-order valence-electron chi connectivity index (χ3n) is 2.79. The number of carbonyl (C=O) groups is 2. The number of methoxy groups -OCH3 is 1. The molecule has 2 rings (SSSR count). The molecule has 0 saturated heterocycles. The molecule has 0 aliphatic rings. The second-order valence-corrected chi connectivity index (χ2v) is 7.21. The number of aliphatic hydroxyl groups is 1. The third kappa shape index (κ3) is 4.12. The van der Waals surface area contributed by atoms with Gasteiger partial charge in [0.1, 0.15) is 0 Å². The van der Waals surface area contributed by atoms with Gasteiger partial charge in [0.05, 0.1) is 0 Å². The van der Waals surface area contributed by atoms with Crippen LogP contribution in [0.15, 0.2) is 48.5 Å². The van der Waals surface area contributed by atoms with Crippen LogP contribution in [0.5, 0.6) is 0 Å². The molecule has 2 aromatic rings. The average molecular weight is 397 g/mol. The number of hydrogen-bond donors (Lipinski definition) is 1. The van der Waals surface area contributed by atoms with E-state index in [2.05, 4.69) is 4.74 Å². The Bertz CT molecular complexity index is 575. The summed E-state index contributed by atoms with van der Waals surface area (Å²) in [7, 11) is 1.36. The van der Waals surface area contributed by atoms with Gasteiger partial charge in [0.2, 0.25) is 0 Å². The Morgan fingerprint density at radius 1 is 0.952 bits per heavy atom. The van der Waals surface area contributed by atoms with Gasteiger partial charge in [-0.2, -0.15) is 0 Å². The van der Waals surface area contributed by atoms with Crippen molar-refractivity contribution in [3.8, 4) is 0 Å². The molecule has 0 heterocycles. The zero-order valence-corrected chi connectivity index (χ0v) is 13.5. The standard InChI is InChI=1S/C16H14IO4/c1-21-16(20)12-4-8-14(9-5-12)17-13-6-2-11(3-7-13)15(19)10-18/h2-9,18H,10H2,1H3/q-1. The Balaban J connectivity index is 2.08. The Labute approximate surface area is 133 Å². The number of ketones is 1. The number of esters is 1. The van der Waals surface area contributed by atoms with Crippen molar-refractivity contribution in [3.05, 3.63) is 66.8 Å².